The van der Waals surface area contributed by atoms with Gasteiger partial charge < -0.3 is 23.8 Å². The third kappa shape index (κ3) is 3.68. The zero-order chi connectivity index (χ0) is 22.0. The normalized spacial score (nSPS) is 14.0. The maximum atomic E-state index is 12.6. The SMILES string of the molecule is COC(=O)C1=C(C(=O)OC)N(c2cc(-c3cn4cccnc4n3)ccc2OC)COC1. The van der Waals surface area contributed by atoms with Crippen molar-refractivity contribution in [3.63, 3.8) is 0 Å². The Morgan fingerprint density at radius 3 is 2.65 bits per heavy atom. The third-order valence-corrected chi connectivity index (χ3v) is 4.83. The number of aromatic nitrogens is 3. The fraction of sp³-hybridized carbons (Fsp3) is 0.238. The Balaban J connectivity index is 1.86. The molecule has 3 heterocycles. The van der Waals surface area contributed by atoms with Crippen LogP contribution in [-0.4, -0.2) is 61.0 Å². The monoisotopic (exact) mass is 424 g/mol. The van der Waals surface area contributed by atoms with Gasteiger partial charge in [-0.2, -0.15) is 0 Å². The van der Waals surface area contributed by atoms with Crippen LogP contribution in [0.2, 0.25) is 0 Å². The molecule has 0 aliphatic carbocycles. The second-order valence-corrected chi connectivity index (χ2v) is 6.56. The van der Waals surface area contributed by atoms with Crippen LogP contribution < -0.4 is 9.64 Å². The summed E-state index contributed by atoms with van der Waals surface area (Å²) in [4.78, 5) is 35.2. The Morgan fingerprint density at radius 1 is 1.13 bits per heavy atom. The van der Waals surface area contributed by atoms with E-state index in [1.165, 1.54) is 26.2 Å². The van der Waals surface area contributed by atoms with Gasteiger partial charge in [-0.25, -0.2) is 19.6 Å². The summed E-state index contributed by atoms with van der Waals surface area (Å²) in [6, 6.07) is 7.21. The molecule has 2 aromatic heterocycles. The van der Waals surface area contributed by atoms with Crippen LogP contribution in [0, 0.1) is 0 Å². The Labute approximate surface area is 177 Å². The second kappa shape index (κ2) is 8.44. The summed E-state index contributed by atoms with van der Waals surface area (Å²) in [5, 5.41) is 0. The molecule has 0 radical (unpaired) electrons. The van der Waals surface area contributed by atoms with Crippen molar-refractivity contribution in [1.82, 2.24) is 14.4 Å². The lowest BCUT2D eigenvalue weighted by molar-refractivity contribution is -0.140. The number of nitrogens with zero attached hydrogens (tertiary/aromatic N) is 4. The predicted octanol–water partition coefficient (Wildman–Crippen LogP) is 1.80. The lowest BCUT2D eigenvalue weighted by atomic mass is 10.1. The molecule has 0 unspecified atom stereocenters. The number of fused-ring (bicyclic) bond motifs is 1. The number of anilines is 1. The minimum absolute atomic E-state index is 0.0114. The number of rotatable bonds is 5. The molecule has 1 aliphatic rings. The smallest absolute Gasteiger partial charge is 0.355 e. The molecule has 0 amide bonds. The Hall–Kier alpha value is -3.92. The number of imidazole rings is 1. The molecule has 1 aliphatic heterocycles. The number of methoxy groups -OCH3 is 3. The number of hydrogen-bond acceptors (Lipinski definition) is 9. The molecule has 31 heavy (non-hydrogen) atoms. The maximum absolute atomic E-state index is 12.6. The van der Waals surface area contributed by atoms with Crippen LogP contribution in [0.3, 0.4) is 0 Å². The highest BCUT2D eigenvalue weighted by Crippen LogP contribution is 2.37. The summed E-state index contributed by atoms with van der Waals surface area (Å²) in [6.45, 7) is -0.0643. The first-order valence-corrected chi connectivity index (χ1v) is 9.30. The molecule has 3 aromatic rings. The van der Waals surface area contributed by atoms with Gasteiger partial charge in [0, 0.05) is 24.2 Å². The molecule has 0 saturated carbocycles. The summed E-state index contributed by atoms with van der Waals surface area (Å²) < 4.78 is 22.6. The van der Waals surface area contributed by atoms with E-state index in [0.29, 0.717) is 22.9 Å². The van der Waals surface area contributed by atoms with E-state index >= 15 is 0 Å². The summed E-state index contributed by atoms with van der Waals surface area (Å²) in [5.74, 6) is -0.333. The first-order valence-electron chi connectivity index (χ1n) is 9.30. The topological polar surface area (TPSA) is 104 Å². The van der Waals surface area contributed by atoms with Gasteiger partial charge in [0.25, 0.3) is 0 Å². The molecule has 0 fully saturated rings. The van der Waals surface area contributed by atoms with Crippen LogP contribution in [0.1, 0.15) is 0 Å². The van der Waals surface area contributed by atoms with Gasteiger partial charge in [-0.15, -0.1) is 0 Å². The fourth-order valence-electron chi connectivity index (χ4n) is 3.36. The van der Waals surface area contributed by atoms with Crippen LogP contribution >= 0.6 is 0 Å². The molecule has 4 rings (SSSR count). The van der Waals surface area contributed by atoms with Gasteiger partial charge in [0.1, 0.15) is 18.2 Å². The average molecular weight is 424 g/mol. The third-order valence-electron chi connectivity index (χ3n) is 4.83. The number of esters is 2. The van der Waals surface area contributed by atoms with Gasteiger partial charge >= 0.3 is 11.9 Å². The first kappa shape index (κ1) is 20.4. The van der Waals surface area contributed by atoms with Crippen molar-refractivity contribution in [2.45, 2.75) is 0 Å². The summed E-state index contributed by atoms with van der Waals surface area (Å²) in [7, 11) is 4.00. The molecular formula is C21H20N4O6. The Kier molecular flexibility index (Phi) is 5.54. The van der Waals surface area contributed by atoms with Crippen molar-refractivity contribution in [2.24, 2.45) is 0 Å². The molecule has 0 saturated heterocycles. The molecule has 160 valence electrons. The van der Waals surface area contributed by atoms with Gasteiger partial charge in [-0.1, -0.05) is 0 Å². The number of carbonyl (C=O) groups is 2. The molecule has 0 spiro atoms. The largest absolute Gasteiger partial charge is 0.495 e. The minimum atomic E-state index is -0.687. The van der Waals surface area contributed by atoms with Crippen molar-refractivity contribution in [3.05, 3.63) is 54.1 Å². The highest BCUT2D eigenvalue weighted by molar-refractivity contribution is 6.03. The van der Waals surface area contributed by atoms with Crippen molar-refractivity contribution < 1.29 is 28.5 Å². The van der Waals surface area contributed by atoms with Crippen molar-refractivity contribution in [2.75, 3.05) is 39.6 Å². The van der Waals surface area contributed by atoms with Crippen LogP contribution in [0.25, 0.3) is 17.0 Å². The number of hydrogen-bond donors (Lipinski definition) is 0. The molecule has 0 bridgehead atoms. The maximum Gasteiger partial charge on any atom is 0.355 e. The number of benzene rings is 1. The quantitative estimate of drug-likeness (QED) is 0.567. The zero-order valence-corrected chi connectivity index (χ0v) is 17.2. The van der Waals surface area contributed by atoms with E-state index in [4.69, 9.17) is 18.9 Å². The minimum Gasteiger partial charge on any atom is -0.495 e. The van der Waals surface area contributed by atoms with Gasteiger partial charge in [0.05, 0.1) is 44.9 Å². The summed E-state index contributed by atoms with van der Waals surface area (Å²) in [6.07, 6.45) is 5.36. The van der Waals surface area contributed by atoms with Crippen molar-refractivity contribution >= 4 is 23.4 Å². The van der Waals surface area contributed by atoms with Crippen LogP contribution in [0.5, 0.6) is 5.75 Å². The van der Waals surface area contributed by atoms with E-state index in [1.54, 1.807) is 22.7 Å². The Bertz CT molecular complexity index is 1150. The van der Waals surface area contributed by atoms with Crippen LogP contribution in [0.4, 0.5) is 5.69 Å². The number of carbonyl (C=O) groups excluding carboxylic acids is 2. The van der Waals surface area contributed by atoms with E-state index in [9.17, 15) is 9.59 Å². The van der Waals surface area contributed by atoms with Crippen molar-refractivity contribution in [1.29, 1.82) is 0 Å². The van der Waals surface area contributed by atoms with Gasteiger partial charge in [-0.3, -0.25) is 4.40 Å². The fourth-order valence-corrected chi connectivity index (χ4v) is 3.36. The lowest BCUT2D eigenvalue weighted by Gasteiger charge is -2.32. The predicted molar refractivity (Wildman–Crippen MR) is 109 cm³/mol. The molecule has 0 atom stereocenters. The van der Waals surface area contributed by atoms with E-state index in [2.05, 4.69) is 9.97 Å². The van der Waals surface area contributed by atoms with E-state index in [0.717, 1.165) is 5.56 Å². The summed E-state index contributed by atoms with van der Waals surface area (Å²) >= 11 is 0. The van der Waals surface area contributed by atoms with E-state index in [-0.39, 0.29) is 24.6 Å². The lowest BCUT2D eigenvalue weighted by Crippen LogP contribution is -2.39. The first-order chi connectivity index (χ1) is 15.1. The molecular weight excluding hydrogens is 404 g/mol. The van der Waals surface area contributed by atoms with E-state index < -0.39 is 11.9 Å². The summed E-state index contributed by atoms with van der Waals surface area (Å²) in [5.41, 5.74) is 2.04. The van der Waals surface area contributed by atoms with Crippen molar-refractivity contribution in [3.8, 4) is 17.0 Å². The molecule has 1 aromatic carbocycles. The second-order valence-electron chi connectivity index (χ2n) is 6.56. The van der Waals surface area contributed by atoms with E-state index in [1.807, 2.05) is 24.5 Å². The Morgan fingerprint density at radius 2 is 1.94 bits per heavy atom. The van der Waals surface area contributed by atoms with Crippen LogP contribution in [-0.2, 0) is 23.8 Å². The average Bonchev–Trinajstić information content (AvgIpc) is 3.26. The van der Waals surface area contributed by atoms with Gasteiger partial charge in [0.2, 0.25) is 5.78 Å². The van der Waals surface area contributed by atoms with Gasteiger partial charge in [-0.05, 0) is 24.3 Å². The number of ether oxygens (including phenoxy) is 4. The highest BCUT2D eigenvalue weighted by Gasteiger charge is 2.33. The highest BCUT2D eigenvalue weighted by atomic mass is 16.5. The molecule has 0 N–H and O–H groups in total. The van der Waals surface area contributed by atoms with Crippen LogP contribution in [0.15, 0.2) is 54.1 Å². The standard InChI is InChI=1S/C21H20N4O6/c1-28-17-6-5-13(15-10-24-8-4-7-22-21(24)23-15)9-16(17)25-12-31-11-14(19(26)29-2)18(25)20(27)30-3/h4-10H,11-12H2,1-3H3. The van der Waals surface area contributed by atoms with Gasteiger partial charge in [0.15, 0.2) is 0 Å². The molecule has 10 nitrogen and oxygen atoms in total. The molecule has 10 heteroatoms. The zero-order valence-electron chi connectivity index (χ0n) is 17.2.